The van der Waals surface area contributed by atoms with Gasteiger partial charge in [-0.1, -0.05) is 81.3 Å². The Hall–Kier alpha value is -3.19. The molecule has 0 fully saturated rings. The molecule has 0 saturated heterocycles. The lowest BCUT2D eigenvalue weighted by Crippen LogP contribution is -2.10. The number of aromatic amines is 1. The van der Waals surface area contributed by atoms with Crippen molar-refractivity contribution in [1.82, 2.24) is 9.97 Å². The van der Waals surface area contributed by atoms with Crippen molar-refractivity contribution in [1.29, 1.82) is 0 Å². The number of benzene rings is 3. The summed E-state index contributed by atoms with van der Waals surface area (Å²) in [5.41, 5.74) is 3.60. The fourth-order valence-electron chi connectivity index (χ4n) is 3.80. The molecule has 7 heteroatoms. The van der Waals surface area contributed by atoms with Crippen molar-refractivity contribution < 1.29 is 13.2 Å². The monoisotopic (exact) mass is 481 g/mol. The molecule has 1 heterocycles. The molecular weight excluding hydrogens is 455 g/mol. The molecule has 0 atom stereocenters. The lowest BCUT2D eigenvalue weighted by atomic mass is 9.87. The summed E-state index contributed by atoms with van der Waals surface area (Å²) >= 11 is 1.33. The minimum absolute atomic E-state index is 0.0683. The van der Waals surface area contributed by atoms with Gasteiger partial charge in [0, 0.05) is 11.8 Å². The third-order valence-corrected chi connectivity index (χ3v) is 6.01. The van der Waals surface area contributed by atoms with Gasteiger partial charge in [-0.2, -0.15) is 13.2 Å². The van der Waals surface area contributed by atoms with Crippen LogP contribution in [0.25, 0.3) is 34.3 Å². The van der Waals surface area contributed by atoms with Gasteiger partial charge < -0.3 is 9.71 Å². The van der Waals surface area contributed by atoms with Crippen molar-refractivity contribution in [2.24, 2.45) is 0 Å². The van der Waals surface area contributed by atoms with Gasteiger partial charge in [-0.15, -0.1) is 0 Å². The highest BCUT2D eigenvalue weighted by Crippen LogP contribution is 2.41. The second-order valence-electron chi connectivity index (χ2n) is 9.09. The summed E-state index contributed by atoms with van der Waals surface area (Å²) in [7, 11) is 0. The van der Waals surface area contributed by atoms with E-state index in [9.17, 15) is 13.2 Å². The van der Waals surface area contributed by atoms with E-state index in [0.717, 1.165) is 11.6 Å². The third kappa shape index (κ3) is 5.14. The molecule has 3 nitrogen and oxygen atoms in total. The van der Waals surface area contributed by atoms with Crippen molar-refractivity contribution in [3.63, 3.8) is 0 Å². The number of alkyl halides is 3. The first kappa shape index (κ1) is 24.0. The number of aromatic nitrogens is 2. The molecule has 0 saturated carbocycles. The standard InChI is InChI=1S/C27H26F3N3S/c1-26(2,3)18-12-9-17(10-13-18)11-14-25-31-23-15-20(19-7-5-6-8-22(19)33-34-4)21(27(28,29)30)16-24(23)32-25/h5-16,33H,1-4H3,(H,31,32)/b14-11+. The maximum atomic E-state index is 14.0. The number of rotatable bonds is 5. The minimum atomic E-state index is -4.51. The van der Waals surface area contributed by atoms with Crippen LogP contribution in [0.5, 0.6) is 0 Å². The van der Waals surface area contributed by atoms with Crippen molar-refractivity contribution in [3.05, 3.63) is 83.2 Å². The van der Waals surface area contributed by atoms with Crippen molar-refractivity contribution >= 4 is 40.8 Å². The average molecular weight is 482 g/mol. The number of nitrogens with one attached hydrogen (secondary N) is 2. The Morgan fingerprint density at radius 1 is 0.912 bits per heavy atom. The number of halogens is 3. The van der Waals surface area contributed by atoms with Crippen LogP contribution in [-0.4, -0.2) is 16.2 Å². The zero-order chi connectivity index (χ0) is 24.5. The van der Waals surface area contributed by atoms with Crippen LogP contribution in [0, 0.1) is 0 Å². The van der Waals surface area contributed by atoms with Crippen LogP contribution < -0.4 is 4.72 Å². The summed E-state index contributed by atoms with van der Waals surface area (Å²) in [6, 6.07) is 17.8. The SMILES string of the molecule is CSNc1ccccc1-c1cc2nc(/C=C/c3ccc(C(C)(C)C)cc3)[nH]c2cc1C(F)(F)F. The van der Waals surface area contributed by atoms with Crippen LogP contribution in [0.1, 0.15) is 43.3 Å². The molecule has 4 aromatic rings. The Kier molecular flexibility index (Phi) is 6.49. The fraction of sp³-hybridized carbons (Fsp3) is 0.222. The van der Waals surface area contributed by atoms with E-state index in [4.69, 9.17) is 0 Å². The maximum Gasteiger partial charge on any atom is 0.417 e. The zero-order valence-corrected chi connectivity index (χ0v) is 20.2. The number of anilines is 1. The fourth-order valence-corrected chi connectivity index (χ4v) is 4.20. The molecule has 0 aliphatic rings. The van der Waals surface area contributed by atoms with Gasteiger partial charge in [-0.3, -0.25) is 0 Å². The Morgan fingerprint density at radius 2 is 1.62 bits per heavy atom. The molecule has 0 unspecified atom stereocenters. The van der Waals surface area contributed by atoms with E-state index in [0.29, 0.717) is 28.1 Å². The van der Waals surface area contributed by atoms with Gasteiger partial charge in [0.2, 0.25) is 0 Å². The molecule has 4 rings (SSSR count). The lowest BCUT2D eigenvalue weighted by molar-refractivity contribution is -0.137. The van der Waals surface area contributed by atoms with Gasteiger partial charge in [0.25, 0.3) is 0 Å². The van der Waals surface area contributed by atoms with Crippen molar-refractivity contribution in [3.8, 4) is 11.1 Å². The third-order valence-electron chi connectivity index (χ3n) is 5.58. The van der Waals surface area contributed by atoms with E-state index in [1.807, 2.05) is 24.5 Å². The first-order chi connectivity index (χ1) is 16.1. The molecular formula is C27H26F3N3S. The van der Waals surface area contributed by atoms with Gasteiger partial charge in [0.05, 0.1) is 22.3 Å². The quantitative estimate of drug-likeness (QED) is 0.281. The average Bonchev–Trinajstić information content (AvgIpc) is 3.18. The minimum Gasteiger partial charge on any atom is -0.338 e. The van der Waals surface area contributed by atoms with Crippen LogP contribution in [0.15, 0.2) is 60.7 Å². The molecule has 176 valence electrons. The summed E-state index contributed by atoms with van der Waals surface area (Å²) in [6.45, 7) is 6.47. The summed E-state index contributed by atoms with van der Waals surface area (Å²) in [5.74, 6) is 0.496. The van der Waals surface area contributed by atoms with Gasteiger partial charge in [-0.25, -0.2) is 4.98 Å². The molecule has 2 N–H and O–H groups in total. The number of imidazole rings is 1. The van der Waals surface area contributed by atoms with Gasteiger partial charge in [0.15, 0.2) is 0 Å². The van der Waals surface area contributed by atoms with E-state index in [1.54, 1.807) is 30.3 Å². The van der Waals surface area contributed by atoms with Crippen LogP contribution >= 0.6 is 11.9 Å². The highest BCUT2D eigenvalue weighted by Gasteiger charge is 2.35. The summed E-state index contributed by atoms with van der Waals surface area (Å²) in [6.07, 6.45) is 0.995. The number of para-hydroxylation sites is 1. The Balaban J connectivity index is 1.74. The van der Waals surface area contributed by atoms with Crippen LogP contribution in [-0.2, 0) is 11.6 Å². The zero-order valence-electron chi connectivity index (χ0n) is 19.4. The van der Waals surface area contributed by atoms with Crippen molar-refractivity contribution in [2.75, 3.05) is 11.0 Å². The molecule has 1 aromatic heterocycles. The molecule has 34 heavy (non-hydrogen) atoms. The molecule has 0 bridgehead atoms. The van der Waals surface area contributed by atoms with Crippen LogP contribution in [0.2, 0.25) is 0 Å². The van der Waals surface area contributed by atoms with Crippen LogP contribution in [0.4, 0.5) is 18.9 Å². The predicted molar refractivity (Wildman–Crippen MR) is 138 cm³/mol. The molecule has 0 radical (unpaired) electrons. The second-order valence-corrected chi connectivity index (χ2v) is 9.70. The molecule has 0 aliphatic carbocycles. The summed E-state index contributed by atoms with van der Waals surface area (Å²) in [5, 5.41) is 0. The number of nitrogens with zero attached hydrogens (tertiary/aromatic N) is 1. The van der Waals surface area contributed by atoms with Gasteiger partial charge >= 0.3 is 6.18 Å². The number of H-pyrrole nitrogens is 1. The molecule has 0 spiro atoms. The first-order valence-electron chi connectivity index (χ1n) is 10.8. The number of hydrogen-bond donors (Lipinski definition) is 2. The Morgan fingerprint density at radius 3 is 2.26 bits per heavy atom. The van der Waals surface area contributed by atoms with E-state index in [-0.39, 0.29) is 11.0 Å². The highest BCUT2D eigenvalue weighted by molar-refractivity contribution is 7.99. The van der Waals surface area contributed by atoms with E-state index < -0.39 is 11.7 Å². The lowest BCUT2D eigenvalue weighted by Gasteiger charge is -2.18. The number of hydrogen-bond acceptors (Lipinski definition) is 3. The van der Waals surface area contributed by atoms with Gasteiger partial charge in [-0.05, 0) is 46.4 Å². The highest BCUT2D eigenvalue weighted by atomic mass is 32.2. The molecule has 0 aliphatic heterocycles. The topological polar surface area (TPSA) is 40.7 Å². The normalized spacial score (nSPS) is 12.6. The van der Waals surface area contributed by atoms with Gasteiger partial charge in [0.1, 0.15) is 5.82 Å². The second kappa shape index (κ2) is 9.22. The van der Waals surface area contributed by atoms with E-state index in [2.05, 4.69) is 47.6 Å². The van der Waals surface area contributed by atoms with E-state index >= 15 is 0 Å². The summed E-state index contributed by atoms with van der Waals surface area (Å²) < 4.78 is 45.1. The summed E-state index contributed by atoms with van der Waals surface area (Å²) in [4.78, 5) is 7.55. The largest absolute Gasteiger partial charge is 0.417 e. The predicted octanol–water partition coefficient (Wildman–Crippen LogP) is 8.41. The van der Waals surface area contributed by atoms with Crippen molar-refractivity contribution in [2.45, 2.75) is 32.4 Å². The smallest absolute Gasteiger partial charge is 0.338 e. The molecule has 0 amide bonds. The Labute approximate surface area is 201 Å². The number of fused-ring (bicyclic) bond motifs is 1. The maximum absolute atomic E-state index is 14.0. The Bertz CT molecular complexity index is 1330. The first-order valence-corrected chi connectivity index (χ1v) is 12.1. The van der Waals surface area contributed by atoms with E-state index in [1.165, 1.54) is 23.6 Å². The van der Waals surface area contributed by atoms with Crippen LogP contribution in [0.3, 0.4) is 0 Å². The molecule has 3 aromatic carbocycles.